The highest BCUT2D eigenvalue weighted by molar-refractivity contribution is 6.31. The van der Waals surface area contributed by atoms with Crippen molar-refractivity contribution in [1.82, 2.24) is 4.90 Å². The summed E-state index contributed by atoms with van der Waals surface area (Å²) in [5, 5.41) is 12.4. The molecule has 4 atom stereocenters. The molecule has 10 heteroatoms. The topological polar surface area (TPSA) is 93.5 Å². The van der Waals surface area contributed by atoms with Crippen molar-refractivity contribution in [2.24, 2.45) is 5.41 Å². The molecule has 1 N–H and O–H groups in total. The minimum absolute atomic E-state index is 0.0738. The lowest BCUT2D eigenvalue weighted by molar-refractivity contribution is -0.122. The Bertz CT molecular complexity index is 1680. The van der Waals surface area contributed by atoms with Gasteiger partial charge in [-0.1, -0.05) is 62.2 Å². The average Bonchev–Trinajstić information content (AvgIpc) is 3.46. The Labute approximate surface area is 246 Å². The lowest BCUT2D eigenvalue weighted by Crippen LogP contribution is -2.53. The molecule has 7 nitrogen and oxygen atoms in total. The number of carbonyl (C=O) groups excluding carboxylic acids is 3. The van der Waals surface area contributed by atoms with Gasteiger partial charge in [0.1, 0.15) is 17.3 Å². The van der Waals surface area contributed by atoms with E-state index in [2.05, 4.69) is 5.32 Å². The Morgan fingerprint density at radius 2 is 1.76 bits per heavy atom. The smallest absolute Gasteiger partial charge is 0.325 e. The number of amides is 4. The molecular formula is C31H25Cl2FN4O3. The number of benzene rings is 3. The van der Waals surface area contributed by atoms with Crippen LogP contribution in [0.3, 0.4) is 0 Å². The van der Waals surface area contributed by atoms with Gasteiger partial charge >= 0.3 is 6.03 Å². The van der Waals surface area contributed by atoms with Crippen LogP contribution in [0.5, 0.6) is 0 Å². The summed E-state index contributed by atoms with van der Waals surface area (Å²) >= 11 is 12.5. The summed E-state index contributed by atoms with van der Waals surface area (Å²) < 4.78 is 16.0. The zero-order chi connectivity index (χ0) is 29.4. The zero-order valence-corrected chi connectivity index (χ0v) is 23.9. The number of hydrogen-bond acceptors (Lipinski definition) is 4. The maximum atomic E-state index is 16.0. The monoisotopic (exact) mass is 590 g/mol. The standard InChI is InChI=1S/C31H25Cl2FN4O3/c1-30(2,3)14-23-31(20-12-9-17(32)13-22(20)36-28(31)40)24(19-5-4-6-21(33)25(19)34)26-27(39)37(29(41)38(23)26)18-10-7-16(15-35)8-11-18/h4-13,23-24,26H,14H2,1-3H3,(H,36,40)/t23?,24?,26-,31-/m1/s1. The zero-order valence-electron chi connectivity index (χ0n) is 22.4. The Morgan fingerprint density at radius 3 is 2.41 bits per heavy atom. The summed E-state index contributed by atoms with van der Waals surface area (Å²) in [5.41, 5.74) is -0.176. The van der Waals surface area contributed by atoms with Crippen LogP contribution in [0.15, 0.2) is 60.7 Å². The molecule has 0 bridgehead atoms. The third-order valence-corrected chi connectivity index (χ3v) is 8.81. The van der Waals surface area contributed by atoms with Gasteiger partial charge < -0.3 is 10.2 Å². The molecule has 0 saturated carbocycles. The predicted octanol–water partition coefficient (Wildman–Crippen LogP) is 6.63. The first-order valence-electron chi connectivity index (χ1n) is 13.1. The molecule has 3 aliphatic rings. The highest BCUT2D eigenvalue weighted by Crippen LogP contribution is 2.62. The molecule has 3 aliphatic heterocycles. The van der Waals surface area contributed by atoms with Crippen LogP contribution in [0.4, 0.5) is 20.6 Å². The Kier molecular flexibility index (Phi) is 6.18. The van der Waals surface area contributed by atoms with Gasteiger partial charge in [0.25, 0.3) is 5.91 Å². The largest absolute Gasteiger partial charge is 0.332 e. The van der Waals surface area contributed by atoms with Crippen molar-refractivity contribution in [2.45, 2.75) is 50.6 Å². The first-order chi connectivity index (χ1) is 19.4. The average molecular weight is 591 g/mol. The van der Waals surface area contributed by atoms with E-state index >= 15 is 4.39 Å². The first kappa shape index (κ1) is 27.3. The van der Waals surface area contributed by atoms with E-state index in [-0.39, 0.29) is 16.3 Å². The molecule has 2 fully saturated rings. The van der Waals surface area contributed by atoms with E-state index in [1.165, 1.54) is 41.3 Å². The van der Waals surface area contributed by atoms with Gasteiger partial charge in [0.2, 0.25) is 5.91 Å². The van der Waals surface area contributed by atoms with Gasteiger partial charge in [0.15, 0.2) is 0 Å². The SMILES string of the molecule is CC(C)(C)CC1N2C(=O)N(c3ccc(C#N)cc3)C(=O)[C@H]2C(c2cccc(Cl)c2F)[C@]12C(=O)Nc1cc(Cl)ccc12. The van der Waals surface area contributed by atoms with E-state index in [4.69, 9.17) is 23.2 Å². The van der Waals surface area contributed by atoms with E-state index in [9.17, 15) is 19.6 Å². The van der Waals surface area contributed by atoms with Gasteiger partial charge in [0.05, 0.1) is 28.4 Å². The number of imide groups is 1. The number of urea groups is 1. The van der Waals surface area contributed by atoms with Crippen molar-refractivity contribution in [1.29, 1.82) is 5.26 Å². The molecule has 2 saturated heterocycles. The maximum absolute atomic E-state index is 16.0. The van der Waals surface area contributed by atoms with Crippen LogP contribution in [0, 0.1) is 22.6 Å². The van der Waals surface area contributed by atoms with Crippen molar-refractivity contribution in [2.75, 3.05) is 10.2 Å². The van der Waals surface area contributed by atoms with Crippen LogP contribution < -0.4 is 10.2 Å². The molecule has 3 aromatic carbocycles. The van der Waals surface area contributed by atoms with Crippen molar-refractivity contribution >= 4 is 52.4 Å². The van der Waals surface area contributed by atoms with Crippen LogP contribution in [0.25, 0.3) is 0 Å². The fourth-order valence-corrected chi connectivity index (χ4v) is 7.15. The highest BCUT2D eigenvalue weighted by Gasteiger charge is 2.73. The van der Waals surface area contributed by atoms with Gasteiger partial charge in [-0.05, 0) is 65.4 Å². The van der Waals surface area contributed by atoms with Crippen molar-refractivity contribution < 1.29 is 18.8 Å². The Morgan fingerprint density at radius 1 is 1.05 bits per heavy atom. The molecule has 41 heavy (non-hydrogen) atoms. The minimum Gasteiger partial charge on any atom is -0.325 e. The molecule has 208 valence electrons. The van der Waals surface area contributed by atoms with Crippen molar-refractivity contribution in [3.8, 4) is 6.07 Å². The third kappa shape index (κ3) is 3.87. The van der Waals surface area contributed by atoms with Gasteiger partial charge in [0, 0.05) is 16.6 Å². The fourth-order valence-electron chi connectivity index (χ4n) is 6.79. The molecule has 3 aromatic rings. The number of hydrogen-bond donors (Lipinski definition) is 1. The van der Waals surface area contributed by atoms with Gasteiger partial charge in [-0.25, -0.2) is 14.1 Å². The van der Waals surface area contributed by atoms with E-state index in [0.29, 0.717) is 28.3 Å². The summed E-state index contributed by atoms with van der Waals surface area (Å²) in [6.07, 6.45) is 0.331. The maximum Gasteiger partial charge on any atom is 0.332 e. The summed E-state index contributed by atoms with van der Waals surface area (Å²) in [7, 11) is 0. The van der Waals surface area contributed by atoms with Crippen LogP contribution in [-0.4, -0.2) is 34.8 Å². The van der Waals surface area contributed by atoms with Crippen molar-refractivity contribution in [3.63, 3.8) is 0 Å². The molecule has 3 heterocycles. The van der Waals surface area contributed by atoms with Crippen LogP contribution >= 0.6 is 23.2 Å². The second-order valence-corrected chi connectivity index (χ2v) is 12.7. The number of halogens is 3. The van der Waals surface area contributed by atoms with E-state index in [1.807, 2.05) is 26.8 Å². The number of nitrogens with one attached hydrogen (secondary N) is 1. The van der Waals surface area contributed by atoms with Crippen LogP contribution in [-0.2, 0) is 15.0 Å². The summed E-state index contributed by atoms with van der Waals surface area (Å²) in [6, 6.07) is 15.0. The molecular weight excluding hydrogens is 566 g/mol. The summed E-state index contributed by atoms with van der Waals surface area (Å²) in [6.45, 7) is 5.96. The lowest BCUT2D eigenvalue weighted by atomic mass is 9.62. The van der Waals surface area contributed by atoms with E-state index in [1.54, 1.807) is 24.3 Å². The first-order valence-corrected chi connectivity index (χ1v) is 13.9. The lowest BCUT2D eigenvalue weighted by Gasteiger charge is -2.40. The summed E-state index contributed by atoms with van der Waals surface area (Å²) in [5.74, 6) is -2.87. The quantitative estimate of drug-likeness (QED) is 0.346. The van der Waals surface area contributed by atoms with Crippen molar-refractivity contribution in [3.05, 3.63) is 93.2 Å². The number of anilines is 2. The number of nitrogens with zero attached hydrogens (tertiary/aromatic N) is 3. The molecule has 0 aromatic heterocycles. The third-order valence-electron chi connectivity index (χ3n) is 8.28. The van der Waals surface area contributed by atoms with Gasteiger partial charge in [-0.3, -0.25) is 9.59 Å². The number of fused-ring (bicyclic) bond motifs is 3. The fraction of sp³-hybridized carbons (Fsp3) is 0.290. The second-order valence-electron chi connectivity index (χ2n) is 11.9. The van der Waals surface area contributed by atoms with E-state index < -0.39 is 52.5 Å². The van der Waals surface area contributed by atoms with Crippen LogP contribution in [0.1, 0.15) is 49.8 Å². The van der Waals surface area contributed by atoms with Crippen LogP contribution in [0.2, 0.25) is 10.0 Å². The predicted molar refractivity (Wildman–Crippen MR) is 153 cm³/mol. The highest BCUT2D eigenvalue weighted by atomic mass is 35.5. The second kappa shape index (κ2) is 9.30. The summed E-state index contributed by atoms with van der Waals surface area (Å²) in [4.78, 5) is 45.4. The minimum atomic E-state index is -1.51. The Hall–Kier alpha value is -3.93. The van der Waals surface area contributed by atoms with E-state index in [0.717, 1.165) is 4.90 Å². The van der Waals surface area contributed by atoms with Gasteiger partial charge in [-0.15, -0.1) is 0 Å². The molecule has 6 rings (SSSR count). The molecule has 1 spiro atoms. The Balaban J connectivity index is 1.64. The number of carbonyl (C=O) groups is 3. The molecule has 0 radical (unpaired) electrons. The molecule has 2 unspecified atom stereocenters. The number of nitriles is 1. The van der Waals surface area contributed by atoms with Gasteiger partial charge in [-0.2, -0.15) is 5.26 Å². The molecule has 0 aliphatic carbocycles. The molecule has 4 amide bonds. The number of rotatable bonds is 3. The normalized spacial score (nSPS) is 25.0.